The van der Waals surface area contributed by atoms with Gasteiger partial charge in [0.25, 0.3) is 0 Å². The summed E-state index contributed by atoms with van der Waals surface area (Å²) in [7, 11) is 7.33. The van der Waals surface area contributed by atoms with Crippen LogP contribution in [-0.2, 0) is 4.84 Å². The van der Waals surface area contributed by atoms with Gasteiger partial charge in [-0.2, -0.15) is 0 Å². The normalized spacial score (nSPS) is 13.7. The van der Waals surface area contributed by atoms with E-state index in [1.807, 2.05) is 44.4 Å². The maximum absolute atomic E-state index is 5.64. The van der Waals surface area contributed by atoms with E-state index >= 15 is 0 Å². The predicted molar refractivity (Wildman–Crippen MR) is 108 cm³/mol. The summed E-state index contributed by atoms with van der Waals surface area (Å²) in [6, 6.07) is 10.00. The summed E-state index contributed by atoms with van der Waals surface area (Å²) in [5, 5.41) is 0. The molecular formula is C21H23N3O3. The van der Waals surface area contributed by atoms with Gasteiger partial charge in [0.1, 0.15) is 0 Å². The Bertz CT molecular complexity index is 948. The molecule has 0 atom stereocenters. The molecule has 2 aromatic rings. The van der Waals surface area contributed by atoms with Crippen LogP contribution in [0.5, 0.6) is 11.5 Å². The van der Waals surface area contributed by atoms with Gasteiger partial charge in [0.05, 0.1) is 37.9 Å². The minimum absolute atomic E-state index is 0.595. The minimum Gasteiger partial charge on any atom is -0.493 e. The van der Waals surface area contributed by atoms with Gasteiger partial charge in [0.15, 0.2) is 11.5 Å². The second-order valence-corrected chi connectivity index (χ2v) is 6.77. The number of likely N-dealkylation sites (N-methyl/N-ethyl adjacent to an activating group) is 1. The molecule has 0 amide bonds. The fourth-order valence-corrected chi connectivity index (χ4v) is 3.38. The smallest absolute Gasteiger partial charge is 0.161 e. The van der Waals surface area contributed by atoms with Crippen molar-refractivity contribution in [2.24, 2.45) is 4.99 Å². The quantitative estimate of drug-likeness (QED) is 0.600. The first-order chi connectivity index (χ1) is 13.1. The highest BCUT2D eigenvalue weighted by Crippen LogP contribution is 2.48. The highest BCUT2D eigenvalue weighted by Gasteiger charge is 2.31. The molecule has 1 heterocycles. The Kier molecular flexibility index (Phi) is 4.59. The van der Waals surface area contributed by atoms with Crippen LogP contribution in [0.2, 0.25) is 0 Å². The molecule has 0 saturated carbocycles. The summed E-state index contributed by atoms with van der Waals surface area (Å²) in [6.45, 7) is 1.44. The lowest BCUT2D eigenvalue weighted by Gasteiger charge is -2.13. The van der Waals surface area contributed by atoms with E-state index in [1.165, 1.54) is 0 Å². The van der Waals surface area contributed by atoms with Gasteiger partial charge < -0.3 is 14.4 Å². The lowest BCUT2D eigenvalue weighted by molar-refractivity contribution is 0.168. The standard InChI is InChI=1S/C21H23N3O3/c1-24(2)8-9-27-23-17-7-5-6-16-20(17)15-10-13-11-18(25-3)19(26-4)12-14(13)21(15)22-16/h5-7,10-12,23H,8-9H2,1-4H3. The van der Waals surface area contributed by atoms with Gasteiger partial charge in [-0.25, -0.2) is 4.99 Å². The van der Waals surface area contributed by atoms with E-state index in [-0.39, 0.29) is 0 Å². The second-order valence-electron chi connectivity index (χ2n) is 6.77. The van der Waals surface area contributed by atoms with Crippen LogP contribution in [0.1, 0.15) is 16.7 Å². The molecule has 1 aliphatic carbocycles. The van der Waals surface area contributed by atoms with Crippen LogP contribution in [0.25, 0.3) is 11.6 Å². The second kappa shape index (κ2) is 7.06. The Morgan fingerprint density at radius 1 is 1.07 bits per heavy atom. The van der Waals surface area contributed by atoms with Gasteiger partial charge in [0, 0.05) is 23.2 Å². The van der Waals surface area contributed by atoms with Crippen molar-refractivity contribution in [1.29, 1.82) is 0 Å². The highest BCUT2D eigenvalue weighted by molar-refractivity contribution is 6.44. The molecular weight excluding hydrogens is 342 g/mol. The zero-order chi connectivity index (χ0) is 19.0. The monoisotopic (exact) mass is 365 g/mol. The maximum atomic E-state index is 5.64. The zero-order valence-corrected chi connectivity index (χ0v) is 16.0. The van der Waals surface area contributed by atoms with Gasteiger partial charge in [-0.3, -0.25) is 10.3 Å². The number of nitrogens with one attached hydrogen (secondary N) is 1. The molecule has 0 fully saturated rings. The van der Waals surface area contributed by atoms with Gasteiger partial charge in [-0.15, -0.1) is 0 Å². The Morgan fingerprint density at radius 3 is 2.59 bits per heavy atom. The van der Waals surface area contributed by atoms with Crippen LogP contribution in [0, 0.1) is 0 Å². The molecule has 0 spiro atoms. The molecule has 140 valence electrons. The first-order valence-corrected chi connectivity index (χ1v) is 8.85. The van der Waals surface area contributed by atoms with Crippen molar-refractivity contribution in [3.05, 3.63) is 47.0 Å². The molecule has 0 unspecified atom stereocenters. The van der Waals surface area contributed by atoms with E-state index in [0.29, 0.717) is 18.1 Å². The summed E-state index contributed by atoms with van der Waals surface area (Å²) in [4.78, 5) is 12.6. The lowest BCUT2D eigenvalue weighted by Crippen LogP contribution is -2.19. The van der Waals surface area contributed by atoms with Crippen LogP contribution < -0.4 is 15.0 Å². The molecule has 0 saturated heterocycles. The number of benzene rings is 2. The summed E-state index contributed by atoms with van der Waals surface area (Å²) in [5.74, 6) is 1.42. The molecule has 27 heavy (non-hydrogen) atoms. The number of anilines is 1. The van der Waals surface area contributed by atoms with Crippen molar-refractivity contribution in [3.63, 3.8) is 0 Å². The zero-order valence-electron chi connectivity index (χ0n) is 16.0. The van der Waals surface area contributed by atoms with Gasteiger partial charge >= 0.3 is 0 Å². The number of nitrogens with zero attached hydrogens (tertiary/aromatic N) is 2. The van der Waals surface area contributed by atoms with Crippen LogP contribution in [-0.4, -0.2) is 52.1 Å². The largest absolute Gasteiger partial charge is 0.493 e. The summed E-state index contributed by atoms with van der Waals surface area (Å²) < 4.78 is 10.9. The van der Waals surface area contributed by atoms with Crippen LogP contribution >= 0.6 is 0 Å². The fraction of sp³-hybridized carbons (Fsp3) is 0.286. The maximum Gasteiger partial charge on any atom is 0.161 e. The number of aliphatic imine (C=N–C) groups is 1. The molecule has 1 N–H and O–H groups in total. The molecule has 4 rings (SSSR count). The number of hydrogen-bond acceptors (Lipinski definition) is 6. The number of ether oxygens (including phenoxy) is 2. The average molecular weight is 365 g/mol. The SMILES string of the molecule is COc1cc2c(cc1OC)C1=Nc3cccc(NOCCN(C)C)c3C1=C2. The average Bonchev–Trinajstić information content (AvgIpc) is 3.19. The Morgan fingerprint density at radius 2 is 1.85 bits per heavy atom. The van der Waals surface area contributed by atoms with Crippen molar-refractivity contribution in [2.45, 2.75) is 0 Å². The number of fused-ring (bicyclic) bond motifs is 5. The number of allylic oxidation sites excluding steroid dienone is 1. The first kappa shape index (κ1) is 17.6. The van der Waals surface area contributed by atoms with E-state index in [2.05, 4.69) is 16.5 Å². The topological polar surface area (TPSA) is 55.3 Å². The van der Waals surface area contributed by atoms with Gasteiger partial charge in [0.2, 0.25) is 0 Å². The molecule has 6 nitrogen and oxygen atoms in total. The molecule has 0 radical (unpaired) electrons. The van der Waals surface area contributed by atoms with Crippen LogP contribution in [0.4, 0.5) is 11.4 Å². The Labute approximate surface area is 159 Å². The van der Waals surface area contributed by atoms with Gasteiger partial charge in [-0.05, 0) is 50.0 Å². The van der Waals surface area contributed by atoms with E-state index in [9.17, 15) is 0 Å². The number of methoxy groups -OCH3 is 2. The van der Waals surface area contributed by atoms with Crippen molar-refractivity contribution in [3.8, 4) is 11.5 Å². The van der Waals surface area contributed by atoms with Crippen LogP contribution in [0.3, 0.4) is 0 Å². The van der Waals surface area contributed by atoms with Crippen molar-refractivity contribution >= 4 is 28.7 Å². The minimum atomic E-state index is 0.595. The Balaban J connectivity index is 1.65. The molecule has 2 aromatic carbocycles. The van der Waals surface area contributed by atoms with Crippen molar-refractivity contribution in [2.75, 3.05) is 46.9 Å². The fourth-order valence-electron chi connectivity index (χ4n) is 3.38. The van der Waals surface area contributed by atoms with E-state index in [4.69, 9.17) is 19.3 Å². The van der Waals surface area contributed by atoms with Gasteiger partial charge in [-0.1, -0.05) is 6.07 Å². The Hall–Kier alpha value is -2.83. The van der Waals surface area contributed by atoms with E-state index in [0.717, 1.165) is 45.9 Å². The van der Waals surface area contributed by atoms with E-state index in [1.54, 1.807) is 14.2 Å². The van der Waals surface area contributed by atoms with Crippen molar-refractivity contribution in [1.82, 2.24) is 4.90 Å². The number of rotatable bonds is 7. The molecule has 0 aromatic heterocycles. The summed E-state index contributed by atoms with van der Waals surface area (Å²) in [6.07, 6.45) is 2.15. The third-order valence-corrected chi connectivity index (χ3v) is 4.73. The van der Waals surface area contributed by atoms with Crippen LogP contribution in [0.15, 0.2) is 35.3 Å². The molecule has 1 aliphatic heterocycles. The van der Waals surface area contributed by atoms with E-state index < -0.39 is 0 Å². The lowest BCUT2D eigenvalue weighted by atomic mass is 10.0. The summed E-state index contributed by atoms with van der Waals surface area (Å²) in [5.41, 5.74) is 10.2. The molecule has 2 aliphatic rings. The highest BCUT2D eigenvalue weighted by atomic mass is 16.6. The first-order valence-electron chi connectivity index (χ1n) is 8.85. The summed E-state index contributed by atoms with van der Waals surface area (Å²) >= 11 is 0. The third kappa shape index (κ3) is 3.07. The van der Waals surface area contributed by atoms with Crippen molar-refractivity contribution < 1.29 is 14.3 Å². The predicted octanol–water partition coefficient (Wildman–Crippen LogP) is 3.60. The number of hydrogen-bond donors (Lipinski definition) is 1. The molecule has 0 bridgehead atoms. The third-order valence-electron chi connectivity index (χ3n) is 4.73. The molecule has 6 heteroatoms.